The Morgan fingerprint density at radius 3 is 1.35 bits per heavy atom. The number of amides is 2. The predicted molar refractivity (Wildman–Crippen MR) is 226 cm³/mol. The number of carbonyl (C=O) groups is 2. The second kappa shape index (κ2) is 13.9. The molecule has 2 amide bonds. The number of methoxy groups -OCH3 is 2. The zero-order valence-electron chi connectivity index (χ0n) is 29.4. The van der Waals surface area contributed by atoms with E-state index in [1.54, 1.807) is 14.2 Å². The van der Waals surface area contributed by atoms with E-state index in [1.165, 1.54) is 22.7 Å². The van der Waals surface area contributed by atoms with Crippen LogP contribution in [-0.2, 0) is 5.41 Å². The van der Waals surface area contributed by atoms with Crippen LogP contribution in [0.15, 0.2) is 133 Å². The molecule has 0 radical (unpaired) electrons. The average molecular weight is 798 g/mol. The first-order valence-corrected chi connectivity index (χ1v) is 19.7. The maximum absolute atomic E-state index is 13.5. The molecule has 2 aromatic heterocycles. The molecule has 0 saturated heterocycles. The van der Waals surface area contributed by atoms with Gasteiger partial charge in [-0.3, -0.25) is 9.59 Å². The molecule has 0 aliphatic heterocycles. The summed E-state index contributed by atoms with van der Waals surface area (Å²) in [6.07, 6.45) is 0. The standard InChI is InChI=1S/C45H30Cl2N2O4S2/c1-52-29-19-21-33-37(23-29)54-41(39(33)46)43(50)48-27-15-11-25(12-16-27)45(35-9-5-3-7-31(35)32-8-4-6-10-36(32)45)26-13-17-28(18-14-26)49-44(51)42-40(47)34-22-20-30(53-2)24-38(34)55-42/h3-24H,1-2H3,(H,48,50)(H,49,51). The Morgan fingerprint density at radius 2 is 0.945 bits per heavy atom. The highest BCUT2D eigenvalue weighted by Crippen LogP contribution is 2.56. The van der Waals surface area contributed by atoms with Crippen LogP contribution in [0, 0.1) is 0 Å². The zero-order chi connectivity index (χ0) is 37.8. The van der Waals surface area contributed by atoms with Gasteiger partial charge in [-0.1, -0.05) is 96.0 Å². The van der Waals surface area contributed by atoms with Gasteiger partial charge in [0.25, 0.3) is 11.8 Å². The third-order valence-corrected chi connectivity index (χ3v) is 13.5. The number of benzene rings is 6. The monoisotopic (exact) mass is 796 g/mol. The molecule has 6 aromatic carbocycles. The summed E-state index contributed by atoms with van der Waals surface area (Å²) in [6.45, 7) is 0. The number of halogens is 2. The van der Waals surface area contributed by atoms with Crippen molar-refractivity contribution in [2.24, 2.45) is 0 Å². The molecule has 1 aliphatic carbocycles. The highest BCUT2D eigenvalue weighted by atomic mass is 35.5. The number of rotatable bonds is 8. The molecule has 6 nitrogen and oxygen atoms in total. The molecule has 0 atom stereocenters. The van der Waals surface area contributed by atoms with Crippen molar-refractivity contribution in [3.05, 3.63) is 176 Å². The third-order valence-electron chi connectivity index (χ3n) is 10.2. The topological polar surface area (TPSA) is 76.7 Å². The summed E-state index contributed by atoms with van der Waals surface area (Å²) >= 11 is 16.0. The van der Waals surface area contributed by atoms with Crippen molar-refractivity contribution in [3.8, 4) is 22.6 Å². The van der Waals surface area contributed by atoms with Crippen LogP contribution >= 0.6 is 45.9 Å². The lowest BCUT2D eigenvalue weighted by atomic mass is 9.67. The van der Waals surface area contributed by atoms with Crippen LogP contribution < -0.4 is 20.1 Å². The van der Waals surface area contributed by atoms with E-state index in [4.69, 9.17) is 32.7 Å². The summed E-state index contributed by atoms with van der Waals surface area (Å²) in [5.41, 5.74) is 7.25. The number of thiophene rings is 2. The maximum Gasteiger partial charge on any atom is 0.267 e. The molecule has 8 aromatic rings. The summed E-state index contributed by atoms with van der Waals surface area (Å²) < 4.78 is 12.5. The van der Waals surface area contributed by atoms with Gasteiger partial charge in [0.1, 0.15) is 21.3 Å². The normalized spacial score (nSPS) is 12.7. The van der Waals surface area contributed by atoms with Crippen LogP contribution in [0.25, 0.3) is 31.3 Å². The molecular weight excluding hydrogens is 768 g/mol. The van der Waals surface area contributed by atoms with E-state index < -0.39 is 5.41 Å². The average Bonchev–Trinajstić information content (AvgIpc) is 3.85. The van der Waals surface area contributed by atoms with Gasteiger partial charge in [-0.05, 0) is 94.0 Å². The van der Waals surface area contributed by atoms with Gasteiger partial charge in [-0.25, -0.2) is 0 Å². The highest BCUT2D eigenvalue weighted by Gasteiger charge is 2.45. The Morgan fingerprint density at radius 1 is 0.545 bits per heavy atom. The first-order valence-electron chi connectivity index (χ1n) is 17.4. The molecule has 2 heterocycles. The van der Waals surface area contributed by atoms with Crippen LogP contribution in [0.2, 0.25) is 10.0 Å². The fourth-order valence-electron chi connectivity index (χ4n) is 7.64. The van der Waals surface area contributed by atoms with Gasteiger partial charge < -0.3 is 20.1 Å². The number of nitrogens with one attached hydrogen (secondary N) is 2. The lowest BCUT2D eigenvalue weighted by Gasteiger charge is -2.34. The summed E-state index contributed by atoms with van der Waals surface area (Å²) in [5.74, 6) is 0.849. The molecular formula is C45H30Cl2N2O4S2. The smallest absolute Gasteiger partial charge is 0.267 e. The Hall–Kier alpha value is -5.64. The third kappa shape index (κ3) is 5.76. The van der Waals surface area contributed by atoms with Crippen LogP contribution in [0.5, 0.6) is 11.5 Å². The van der Waals surface area contributed by atoms with Crippen molar-refractivity contribution in [1.82, 2.24) is 0 Å². The first-order chi connectivity index (χ1) is 26.8. The van der Waals surface area contributed by atoms with Gasteiger partial charge in [-0.2, -0.15) is 0 Å². The summed E-state index contributed by atoms with van der Waals surface area (Å²) in [5, 5.41) is 8.57. The van der Waals surface area contributed by atoms with Crippen molar-refractivity contribution in [1.29, 1.82) is 0 Å². The van der Waals surface area contributed by atoms with Gasteiger partial charge in [0.2, 0.25) is 0 Å². The second-order valence-corrected chi connectivity index (χ2v) is 16.0. The number of fused-ring (bicyclic) bond motifs is 5. The van der Waals surface area contributed by atoms with Crippen molar-refractivity contribution < 1.29 is 19.1 Å². The highest BCUT2D eigenvalue weighted by molar-refractivity contribution is 7.22. The first kappa shape index (κ1) is 35.1. The van der Waals surface area contributed by atoms with E-state index in [0.29, 0.717) is 42.7 Å². The Kier molecular flexibility index (Phi) is 8.86. The van der Waals surface area contributed by atoms with Crippen LogP contribution in [-0.4, -0.2) is 26.0 Å². The van der Waals surface area contributed by atoms with E-state index in [-0.39, 0.29) is 11.8 Å². The minimum absolute atomic E-state index is 0.279. The van der Waals surface area contributed by atoms with Crippen LogP contribution in [0.1, 0.15) is 41.6 Å². The van der Waals surface area contributed by atoms with Gasteiger partial charge in [0, 0.05) is 31.5 Å². The fraction of sp³-hybridized carbons (Fsp3) is 0.0667. The molecule has 0 fully saturated rings. The number of hydrogen-bond donors (Lipinski definition) is 2. The maximum atomic E-state index is 13.5. The van der Waals surface area contributed by atoms with Crippen molar-refractivity contribution >= 4 is 89.2 Å². The predicted octanol–water partition coefficient (Wildman–Crippen LogP) is 12.3. The molecule has 2 N–H and O–H groups in total. The SMILES string of the molecule is COc1ccc2c(Cl)c(C(=O)Nc3ccc(C4(c5ccc(NC(=O)c6sc7cc(OC)ccc7c6Cl)cc5)c5ccccc5-c5ccccc54)cc3)sc2c1. The molecule has 0 saturated carbocycles. The van der Waals surface area contributed by atoms with Crippen molar-refractivity contribution in [2.45, 2.75) is 5.41 Å². The molecule has 10 heteroatoms. The number of anilines is 2. The minimum atomic E-state index is -0.681. The second-order valence-electron chi connectivity index (χ2n) is 13.1. The Bertz CT molecular complexity index is 2620. The molecule has 1 aliphatic rings. The van der Waals surface area contributed by atoms with E-state index in [1.807, 2.05) is 60.7 Å². The lowest BCUT2D eigenvalue weighted by molar-refractivity contribution is 0.102. The Labute approximate surface area is 334 Å². The summed E-state index contributed by atoms with van der Waals surface area (Å²) in [7, 11) is 3.22. The van der Waals surface area contributed by atoms with E-state index in [2.05, 4.69) is 83.4 Å². The van der Waals surface area contributed by atoms with E-state index in [0.717, 1.165) is 53.6 Å². The molecule has 0 unspecified atom stereocenters. The zero-order valence-corrected chi connectivity index (χ0v) is 32.6. The van der Waals surface area contributed by atoms with E-state index in [9.17, 15) is 9.59 Å². The lowest BCUT2D eigenvalue weighted by Crippen LogP contribution is -2.28. The van der Waals surface area contributed by atoms with Gasteiger partial charge >= 0.3 is 0 Å². The number of carbonyl (C=O) groups excluding carboxylic acids is 2. The molecule has 270 valence electrons. The van der Waals surface area contributed by atoms with Gasteiger partial charge in [0.15, 0.2) is 0 Å². The van der Waals surface area contributed by atoms with Crippen molar-refractivity contribution in [3.63, 3.8) is 0 Å². The van der Waals surface area contributed by atoms with Gasteiger partial charge in [-0.15, -0.1) is 22.7 Å². The van der Waals surface area contributed by atoms with Gasteiger partial charge in [0.05, 0.1) is 29.7 Å². The Balaban J connectivity index is 1.06. The van der Waals surface area contributed by atoms with Crippen LogP contribution in [0.3, 0.4) is 0 Å². The van der Waals surface area contributed by atoms with Crippen molar-refractivity contribution in [2.75, 3.05) is 24.9 Å². The van der Waals surface area contributed by atoms with Crippen LogP contribution in [0.4, 0.5) is 11.4 Å². The van der Waals surface area contributed by atoms with E-state index >= 15 is 0 Å². The minimum Gasteiger partial charge on any atom is -0.497 e. The quantitative estimate of drug-likeness (QED) is 0.161. The number of hydrogen-bond acceptors (Lipinski definition) is 6. The fourth-order valence-corrected chi connectivity index (χ4v) is 10.5. The molecule has 0 bridgehead atoms. The molecule has 55 heavy (non-hydrogen) atoms. The summed E-state index contributed by atoms with van der Waals surface area (Å²) in [4.78, 5) is 28.0. The molecule has 9 rings (SSSR count). The summed E-state index contributed by atoms with van der Waals surface area (Å²) in [6, 6.07) is 44.1. The largest absolute Gasteiger partial charge is 0.497 e. The molecule has 0 spiro atoms. The number of ether oxygens (including phenoxy) is 2.